The number of β-amino-alcohol motifs (C(OH)–C–C–N with tert-alkyl or cyclic N) is 1. The average molecular weight is 480 g/mol. The Balaban J connectivity index is 0.00000225. The van der Waals surface area contributed by atoms with Crippen molar-refractivity contribution in [2.75, 3.05) is 39.3 Å². The number of ether oxygens (including phenoxy) is 1. The van der Waals surface area contributed by atoms with Crippen LogP contribution in [0.15, 0.2) is 24.3 Å². The smallest absolute Gasteiger partial charge is 0.0900 e. The summed E-state index contributed by atoms with van der Waals surface area (Å²) >= 11 is 5.96. The molecule has 0 bridgehead atoms. The second-order valence-electron chi connectivity index (χ2n) is 9.73. The summed E-state index contributed by atoms with van der Waals surface area (Å²) in [5.41, 5.74) is 1.66. The highest BCUT2D eigenvalue weighted by atomic mass is 35.5. The summed E-state index contributed by atoms with van der Waals surface area (Å²) in [5, 5.41) is 11.3. The van der Waals surface area contributed by atoms with Crippen LogP contribution in [0.3, 0.4) is 0 Å². The highest BCUT2D eigenvalue weighted by molar-refractivity contribution is 6.30. The normalized spacial score (nSPS) is 25.8. The Hall–Kier alpha value is -0.0700. The fraction of sp³-hybridized carbons (Fsp3) is 0.739. The zero-order chi connectivity index (χ0) is 20.1. The molecule has 1 N–H and O–H groups in total. The Kier molecular flexibility index (Phi) is 12.0. The van der Waals surface area contributed by atoms with Crippen LogP contribution >= 0.6 is 11.6 Å². The molecule has 2 aliphatic rings. The van der Waals surface area contributed by atoms with Crippen molar-refractivity contribution in [2.45, 2.75) is 58.8 Å². The number of benzene rings is 1. The molecule has 3 rings (SSSR count). The van der Waals surface area contributed by atoms with Crippen LogP contribution in [0.2, 0.25) is 5.02 Å². The van der Waals surface area contributed by atoms with Crippen LogP contribution in [0.5, 0.6) is 0 Å². The molecule has 1 aromatic rings. The van der Waals surface area contributed by atoms with Crippen LogP contribution in [0.1, 0.15) is 45.6 Å². The molecule has 0 aromatic heterocycles. The molecule has 3 unspecified atom stereocenters. The van der Waals surface area contributed by atoms with Crippen LogP contribution in [0, 0.1) is 11.3 Å². The highest BCUT2D eigenvalue weighted by Gasteiger charge is 2.32. The summed E-state index contributed by atoms with van der Waals surface area (Å²) in [4.78, 5) is 4.83. The van der Waals surface area contributed by atoms with Gasteiger partial charge in [-0.25, -0.2) is 0 Å². The molecule has 0 radical (unpaired) electrons. The first-order chi connectivity index (χ1) is 13.3. The predicted octanol–water partition coefficient (Wildman–Crippen LogP) is -1.94. The molecule has 0 amide bonds. The molecule has 7 heteroatoms. The molecule has 1 aliphatic heterocycles. The zero-order valence-corrected chi connectivity index (χ0v) is 20.8. The van der Waals surface area contributed by atoms with Gasteiger partial charge >= 0.3 is 0 Å². The van der Waals surface area contributed by atoms with Crippen LogP contribution in [0.25, 0.3) is 0 Å². The van der Waals surface area contributed by atoms with Gasteiger partial charge in [0, 0.05) is 44.3 Å². The standard InChI is InChI=1S/C23H37ClN2O2.2ClH/c1-18-12-22(14-23(2,3)13-18)28-17-21(27)16-26-10-8-25(9-11-26)15-19-4-6-20(24)7-5-19;;/h4-7,18,21-22,27H,8-17H2,1-3H3;2*1H/p-2. The van der Waals surface area contributed by atoms with Gasteiger partial charge in [0.05, 0.1) is 18.8 Å². The number of aliphatic hydroxyl groups excluding tert-OH is 1. The van der Waals surface area contributed by atoms with Gasteiger partial charge in [-0.15, -0.1) is 0 Å². The fourth-order valence-corrected chi connectivity index (χ4v) is 5.09. The van der Waals surface area contributed by atoms with Crippen LogP contribution in [0.4, 0.5) is 0 Å². The van der Waals surface area contributed by atoms with Crippen molar-refractivity contribution in [3.05, 3.63) is 34.9 Å². The van der Waals surface area contributed by atoms with Gasteiger partial charge in [-0.2, -0.15) is 0 Å². The molecule has 1 saturated carbocycles. The number of halogens is 3. The third kappa shape index (κ3) is 9.20. The number of aliphatic hydroxyl groups is 1. The number of rotatable bonds is 7. The summed E-state index contributed by atoms with van der Waals surface area (Å²) in [6, 6.07) is 8.11. The lowest BCUT2D eigenvalue weighted by atomic mass is 9.71. The Bertz CT molecular complexity index is 607. The maximum atomic E-state index is 10.5. The summed E-state index contributed by atoms with van der Waals surface area (Å²) < 4.78 is 6.10. The zero-order valence-electron chi connectivity index (χ0n) is 18.5. The van der Waals surface area contributed by atoms with E-state index in [9.17, 15) is 5.11 Å². The van der Waals surface area contributed by atoms with Gasteiger partial charge in [0.15, 0.2) is 0 Å². The maximum absolute atomic E-state index is 10.5. The predicted molar refractivity (Wildman–Crippen MR) is 116 cm³/mol. The van der Waals surface area contributed by atoms with Gasteiger partial charge in [-0.05, 0) is 48.3 Å². The number of nitrogens with zero attached hydrogens (tertiary/aromatic N) is 2. The number of piperazine rings is 1. The molecule has 4 nitrogen and oxygen atoms in total. The van der Waals surface area contributed by atoms with E-state index in [2.05, 4.69) is 42.7 Å². The summed E-state index contributed by atoms with van der Waals surface area (Å²) in [7, 11) is 0. The molecule has 1 saturated heterocycles. The molecule has 1 aliphatic carbocycles. The first-order valence-electron chi connectivity index (χ1n) is 10.8. The summed E-state index contributed by atoms with van der Waals surface area (Å²) in [5.74, 6) is 0.708. The minimum Gasteiger partial charge on any atom is -1.00 e. The van der Waals surface area contributed by atoms with Gasteiger partial charge in [-0.3, -0.25) is 9.80 Å². The quantitative estimate of drug-likeness (QED) is 0.494. The van der Waals surface area contributed by atoms with Gasteiger partial charge in [0.25, 0.3) is 0 Å². The highest BCUT2D eigenvalue weighted by Crippen LogP contribution is 2.39. The van der Waals surface area contributed by atoms with E-state index in [1.54, 1.807) is 0 Å². The van der Waals surface area contributed by atoms with Crippen LogP contribution < -0.4 is 24.8 Å². The summed E-state index contributed by atoms with van der Waals surface area (Å²) in [6.45, 7) is 13.2. The van der Waals surface area contributed by atoms with Crippen molar-refractivity contribution in [3.63, 3.8) is 0 Å². The minimum absolute atomic E-state index is 0. The van der Waals surface area contributed by atoms with E-state index < -0.39 is 6.10 Å². The number of hydrogen-bond acceptors (Lipinski definition) is 4. The van der Waals surface area contributed by atoms with E-state index in [1.807, 2.05) is 12.1 Å². The second-order valence-corrected chi connectivity index (χ2v) is 10.2. The molecular formula is C23H37Cl3N2O2-2. The third-order valence-corrected chi connectivity index (χ3v) is 6.38. The van der Waals surface area contributed by atoms with E-state index in [4.69, 9.17) is 16.3 Å². The van der Waals surface area contributed by atoms with E-state index in [-0.39, 0.29) is 24.8 Å². The number of hydrogen-bond donors (Lipinski definition) is 1. The molecule has 3 atom stereocenters. The first-order valence-corrected chi connectivity index (χ1v) is 11.2. The first kappa shape index (κ1) is 28.0. The largest absolute Gasteiger partial charge is 1.00 e. The Morgan fingerprint density at radius 1 is 1.07 bits per heavy atom. The van der Waals surface area contributed by atoms with Crippen molar-refractivity contribution >= 4 is 11.6 Å². The Morgan fingerprint density at radius 3 is 2.27 bits per heavy atom. The van der Waals surface area contributed by atoms with Crippen molar-refractivity contribution < 1.29 is 34.7 Å². The van der Waals surface area contributed by atoms with Crippen molar-refractivity contribution in [2.24, 2.45) is 11.3 Å². The topological polar surface area (TPSA) is 35.9 Å². The average Bonchev–Trinajstić information content (AvgIpc) is 2.62. The Morgan fingerprint density at radius 2 is 1.67 bits per heavy atom. The monoisotopic (exact) mass is 478 g/mol. The van der Waals surface area contributed by atoms with Crippen LogP contribution in [-0.2, 0) is 11.3 Å². The van der Waals surface area contributed by atoms with Gasteiger partial charge in [0.2, 0.25) is 0 Å². The van der Waals surface area contributed by atoms with Crippen molar-refractivity contribution in [1.82, 2.24) is 9.80 Å². The molecule has 2 fully saturated rings. The van der Waals surface area contributed by atoms with Crippen molar-refractivity contribution in [3.8, 4) is 0 Å². The van der Waals surface area contributed by atoms with E-state index in [0.29, 0.717) is 30.6 Å². The summed E-state index contributed by atoms with van der Waals surface area (Å²) in [6.07, 6.45) is 3.40. The fourth-order valence-electron chi connectivity index (χ4n) is 4.96. The molecule has 0 spiro atoms. The van der Waals surface area contributed by atoms with E-state index in [1.165, 1.54) is 12.0 Å². The molecule has 30 heavy (non-hydrogen) atoms. The van der Waals surface area contributed by atoms with Gasteiger partial charge in [-0.1, -0.05) is 44.5 Å². The lowest BCUT2D eigenvalue weighted by Crippen LogP contribution is -3.00. The lowest BCUT2D eigenvalue weighted by Gasteiger charge is -2.39. The third-order valence-electron chi connectivity index (χ3n) is 6.12. The van der Waals surface area contributed by atoms with Crippen molar-refractivity contribution in [1.29, 1.82) is 0 Å². The molecule has 174 valence electrons. The molecule has 1 heterocycles. The van der Waals surface area contributed by atoms with Gasteiger partial charge in [0.1, 0.15) is 0 Å². The van der Waals surface area contributed by atoms with E-state index in [0.717, 1.165) is 50.6 Å². The second kappa shape index (κ2) is 12.8. The van der Waals surface area contributed by atoms with Gasteiger partial charge < -0.3 is 34.7 Å². The van der Waals surface area contributed by atoms with E-state index >= 15 is 0 Å². The SMILES string of the molecule is CC1CC(OCC(O)CN2CCN(Cc3ccc(Cl)cc3)CC2)CC(C)(C)C1.[Cl-].[Cl-]. The maximum Gasteiger partial charge on any atom is 0.0900 e. The molecule has 1 aromatic carbocycles. The lowest BCUT2D eigenvalue weighted by molar-refractivity contribution is -0.0634. The molecular weight excluding hydrogens is 443 g/mol. The van der Waals surface area contributed by atoms with Crippen LogP contribution in [-0.4, -0.2) is 66.4 Å². The Labute approximate surface area is 200 Å². The minimum atomic E-state index is -0.400.